The minimum Gasteiger partial charge on any atom is -0.454 e. The molecule has 0 spiro atoms. The van der Waals surface area contributed by atoms with Crippen molar-refractivity contribution in [3.63, 3.8) is 0 Å². The smallest absolute Gasteiger partial charge is 0.231 e. The minimum absolute atomic E-state index is 0.236. The van der Waals surface area contributed by atoms with Crippen LogP contribution in [0.15, 0.2) is 42.5 Å². The van der Waals surface area contributed by atoms with Crippen LogP contribution in [0.5, 0.6) is 11.5 Å². The first-order valence-corrected chi connectivity index (χ1v) is 6.38. The Morgan fingerprint density at radius 2 is 1.90 bits per heavy atom. The summed E-state index contributed by atoms with van der Waals surface area (Å²) in [5, 5.41) is 7.09. The maximum atomic E-state index is 13.2. The van der Waals surface area contributed by atoms with Gasteiger partial charge in [0.2, 0.25) is 12.7 Å². The third kappa shape index (κ3) is 2.10. The van der Waals surface area contributed by atoms with Gasteiger partial charge in [0.05, 0.1) is 11.4 Å². The van der Waals surface area contributed by atoms with Crippen LogP contribution in [0.4, 0.5) is 4.39 Å². The van der Waals surface area contributed by atoms with Crippen LogP contribution in [-0.2, 0) is 0 Å². The number of aromatic amines is 1. The Bertz CT molecular complexity index is 816. The highest BCUT2D eigenvalue weighted by molar-refractivity contribution is 5.68. The molecular weight excluding hydrogens is 273 g/mol. The van der Waals surface area contributed by atoms with E-state index in [4.69, 9.17) is 9.47 Å². The molecule has 0 saturated carbocycles. The molecule has 6 heteroatoms. The van der Waals surface area contributed by atoms with Crippen LogP contribution in [0, 0.1) is 5.95 Å². The number of hydrogen-bond donors (Lipinski definition) is 1. The highest BCUT2D eigenvalue weighted by atomic mass is 19.1. The summed E-state index contributed by atoms with van der Waals surface area (Å²) in [5.74, 6) is 0.901. The van der Waals surface area contributed by atoms with E-state index in [0.29, 0.717) is 17.1 Å². The molecule has 0 aliphatic carbocycles. The molecule has 1 aromatic carbocycles. The summed E-state index contributed by atoms with van der Waals surface area (Å²) in [6, 6.07) is 12.1. The van der Waals surface area contributed by atoms with Crippen molar-refractivity contribution >= 4 is 0 Å². The zero-order chi connectivity index (χ0) is 14.2. The Balaban J connectivity index is 1.71. The SMILES string of the molecule is Fc1cccc(-c2cc(-c3ccc4c(c3)OCO4)[nH]n2)n1. The van der Waals surface area contributed by atoms with Crippen LogP contribution in [0.2, 0.25) is 0 Å². The Hall–Kier alpha value is -2.89. The normalized spacial score (nSPS) is 12.6. The van der Waals surface area contributed by atoms with Crippen molar-refractivity contribution in [1.82, 2.24) is 15.2 Å². The minimum atomic E-state index is -0.528. The Kier molecular flexibility index (Phi) is 2.60. The number of hydrogen-bond acceptors (Lipinski definition) is 4. The molecule has 104 valence electrons. The Morgan fingerprint density at radius 3 is 2.81 bits per heavy atom. The van der Waals surface area contributed by atoms with E-state index in [1.807, 2.05) is 24.3 Å². The lowest BCUT2D eigenvalue weighted by Crippen LogP contribution is -1.92. The van der Waals surface area contributed by atoms with Gasteiger partial charge in [-0.1, -0.05) is 6.07 Å². The van der Waals surface area contributed by atoms with E-state index in [1.54, 1.807) is 12.1 Å². The Labute approximate surface area is 119 Å². The van der Waals surface area contributed by atoms with Gasteiger partial charge >= 0.3 is 0 Å². The molecule has 0 atom stereocenters. The molecule has 1 aliphatic heterocycles. The first-order chi connectivity index (χ1) is 10.3. The predicted molar refractivity (Wildman–Crippen MR) is 73.3 cm³/mol. The zero-order valence-corrected chi connectivity index (χ0v) is 10.8. The number of benzene rings is 1. The first kappa shape index (κ1) is 11.9. The standard InChI is InChI=1S/C15H10FN3O2/c16-15-3-1-2-10(17-15)12-7-11(18-19-12)9-4-5-13-14(6-9)21-8-20-13/h1-7H,8H2,(H,18,19). The fourth-order valence-electron chi connectivity index (χ4n) is 2.22. The average molecular weight is 283 g/mol. The number of fused-ring (bicyclic) bond motifs is 1. The van der Waals surface area contributed by atoms with Crippen LogP contribution < -0.4 is 9.47 Å². The van der Waals surface area contributed by atoms with E-state index in [-0.39, 0.29) is 6.79 Å². The quantitative estimate of drug-likeness (QED) is 0.734. The summed E-state index contributed by atoms with van der Waals surface area (Å²) in [6.07, 6.45) is 0. The largest absolute Gasteiger partial charge is 0.454 e. The maximum Gasteiger partial charge on any atom is 0.231 e. The molecule has 0 bridgehead atoms. The van der Waals surface area contributed by atoms with E-state index in [2.05, 4.69) is 15.2 Å². The van der Waals surface area contributed by atoms with Gasteiger partial charge in [0, 0.05) is 5.56 Å². The van der Waals surface area contributed by atoms with Crippen molar-refractivity contribution in [2.75, 3.05) is 6.79 Å². The van der Waals surface area contributed by atoms with Gasteiger partial charge in [-0.2, -0.15) is 9.49 Å². The van der Waals surface area contributed by atoms with E-state index >= 15 is 0 Å². The molecule has 4 rings (SSSR count). The van der Waals surface area contributed by atoms with E-state index in [9.17, 15) is 4.39 Å². The molecule has 0 unspecified atom stereocenters. The van der Waals surface area contributed by atoms with Crippen LogP contribution in [0.3, 0.4) is 0 Å². The molecule has 3 heterocycles. The fraction of sp³-hybridized carbons (Fsp3) is 0.0667. The third-order valence-electron chi connectivity index (χ3n) is 3.24. The van der Waals surface area contributed by atoms with Gasteiger partial charge in [-0.05, 0) is 36.4 Å². The summed E-state index contributed by atoms with van der Waals surface area (Å²) < 4.78 is 23.8. The maximum absolute atomic E-state index is 13.2. The van der Waals surface area contributed by atoms with Crippen LogP contribution >= 0.6 is 0 Å². The third-order valence-corrected chi connectivity index (χ3v) is 3.24. The molecule has 21 heavy (non-hydrogen) atoms. The summed E-state index contributed by atoms with van der Waals surface area (Å²) >= 11 is 0. The van der Waals surface area contributed by atoms with Gasteiger partial charge in [-0.15, -0.1) is 0 Å². The highest BCUT2D eigenvalue weighted by Crippen LogP contribution is 2.35. The van der Waals surface area contributed by atoms with E-state index in [0.717, 1.165) is 17.0 Å². The van der Waals surface area contributed by atoms with Crippen LogP contribution in [0.25, 0.3) is 22.6 Å². The average Bonchev–Trinajstić information content (AvgIpc) is 3.15. The molecule has 5 nitrogen and oxygen atoms in total. The van der Waals surface area contributed by atoms with Gasteiger partial charge in [0.15, 0.2) is 11.5 Å². The van der Waals surface area contributed by atoms with E-state index in [1.165, 1.54) is 6.07 Å². The van der Waals surface area contributed by atoms with Gasteiger partial charge in [-0.3, -0.25) is 5.10 Å². The Morgan fingerprint density at radius 1 is 1.00 bits per heavy atom. The van der Waals surface area contributed by atoms with Crippen LogP contribution in [-0.4, -0.2) is 22.0 Å². The highest BCUT2D eigenvalue weighted by Gasteiger charge is 2.15. The van der Waals surface area contributed by atoms with Gasteiger partial charge in [0.25, 0.3) is 0 Å². The molecule has 0 fully saturated rings. The van der Waals surface area contributed by atoms with Gasteiger partial charge < -0.3 is 9.47 Å². The van der Waals surface area contributed by atoms with Crippen molar-refractivity contribution in [2.24, 2.45) is 0 Å². The van der Waals surface area contributed by atoms with Crippen LogP contribution in [0.1, 0.15) is 0 Å². The number of rotatable bonds is 2. The number of H-pyrrole nitrogens is 1. The fourth-order valence-corrected chi connectivity index (χ4v) is 2.22. The number of pyridine rings is 1. The number of nitrogens with zero attached hydrogens (tertiary/aromatic N) is 2. The molecule has 3 aromatic rings. The zero-order valence-electron chi connectivity index (χ0n) is 10.8. The molecule has 2 aromatic heterocycles. The van der Waals surface area contributed by atoms with Gasteiger partial charge in [0.1, 0.15) is 5.69 Å². The second-order valence-electron chi connectivity index (χ2n) is 4.58. The van der Waals surface area contributed by atoms with Crippen molar-refractivity contribution < 1.29 is 13.9 Å². The van der Waals surface area contributed by atoms with Crippen molar-refractivity contribution in [2.45, 2.75) is 0 Å². The lowest BCUT2D eigenvalue weighted by Gasteiger charge is -1.99. The molecule has 0 radical (unpaired) electrons. The molecule has 0 saturated heterocycles. The summed E-state index contributed by atoms with van der Waals surface area (Å²) in [7, 11) is 0. The second-order valence-corrected chi connectivity index (χ2v) is 4.58. The summed E-state index contributed by atoms with van der Waals surface area (Å²) in [5.41, 5.74) is 2.78. The molecular formula is C15H10FN3O2. The second kappa shape index (κ2) is 4.59. The number of aromatic nitrogens is 3. The van der Waals surface area contributed by atoms with Crippen molar-refractivity contribution in [3.05, 3.63) is 48.4 Å². The topological polar surface area (TPSA) is 60.0 Å². The predicted octanol–water partition coefficient (Wildman–Crippen LogP) is 3.01. The summed E-state index contributed by atoms with van der Waals surface area (Å²) in [4.78, 5) is 3.81. The van der Waals surface area contributed by atoms with Crippen molar-refractivity contribution in [3.8, 4) is 34.1 Å². The van der Waals surface area contributed by atoms with Crippen molar-refractivity contribution in [1.29, 1.82) is 0 Å². The number of ether oxygens (including phenoxy) is 2. The van der Waals surface area contributed by atoms with Gasteiger partial charge in [-0.25, -0.2) is 4.98 Å². The monoisotopic (exact) mass is 283 g/mol. The number of halogens is 1. The molecule has 0 amide bonds. The molecule has 1 aliphatic rings. The van der Waals surface area contributed by atoms with E-state index < -0.39 is 5.95 Å². The first-order valence-electron chi connectivity index (χ1n) is 6.38. The summed E-state index contributed by atoms with van der Waals surface area (Å²) in [6.45, 7) is 0.236. The lowest BCUT2D eigenvalue weighted by molar-refractivity contribution is 0.174. The lowest BCUT2D eigenvalue weighted by atomic mass is 10.1. The number of nitrogens with one attached hydrogen (secondary N) is 1. The molecule has 1 N–H and O–H groups in total.